The lowest BCUT2D eigenvalue weighted by Gasteiger charge is -2.23. The Bertz CT molecular complexity index is 788. The number of imide groups is 1. The molecule has 0 aliphatic carbocycles. The molecule has 1 fully saturated rings. The molecule has 1 unspecified atom stereocenters. The lowest BCUT2D eigenvalue weighted by molar-refractivity contribution is -0.130. The summed E-state index contributed by atoms with van der Waals surface area (Å²) in [5.74, 6) is -0.850. The first-order valence-corrected chi connectivity index (χ1v) is 7.37. The lowest BCUT2D eigenvalue weighted by Crippen LogP contribution is -2.41. The fourth-order valence-electron chi connectivity index (χ4n) is 2.62. The van der Waals surface area contributed by atoms with E-state index >= 15 is 0 Å². The van der Waals surface area contributed by atoms with Gasteiger partial charge in [0.1, 0.15) is 5.54 Å². The van der Waals surface area contributed by atoms with Crippen LogP contribution in [0.5, 0.6) is 0 Å². The Morgan fingerprint density at radius 1 is 1.22 bits per heavy atom. The van der Waals surface area contributed by atoms with Gasteiger partial charge in [-0.15, -0.1) is 0 Å². The molecule has 1 aromatic carbocycles. The third kappa shape index (κ3) is 2.51. The standard InChI is InChI=1S/C16H14ClN3O3/c1-16(10-5-2-3-6-11(10)17)14(22)20(15(23)19-16)9-13(21)12-7-4-8-18-12/h2-8,18H,9H2,1H3,(H,19,23). The Morgan fingerprint density at radius 2 is 1.96 bits per heavy atom. The van der Waals surface area contributed by atoms with Crippen LogP contribution in [0.25, 0.3) is 0 Å². The Labute approximate surface area is 137 Å². The molecule has 6 nitrogen and oxygen atoms in total. The molecule has 0 bridgehead atoms. The number of benzene rings is 1. The number of carbonyl (C=O) groups excluding carboxylic acids is 3. The van der Waals surface area contributed by atoms with Crippen molar-refractivity contribution in [1.29, 1.82) is 0 Å². The second-order valence-corrected chi connectivity index (χ2v) is 5.84. The maximum absolute atomic E-state index is 12.7. The highest BCUT2D eigenvalue weighted by atomic mass is 35.5. The number of nitrogens with one attached hydrogen (secondary N) is 2. The van der Waals surface area contributed by atoms with E-state index in [0.29, 0.717) is 16.3 Å². The van der Waals surface area contributed by atoms with Gasteiger partial charge in [-0.1, -0.05) is 29.8 Å². The van der Waals surface area contributed by atoms with Gasteiger partial charge in [0.05, 0.1) is 12.2 Å². The Morgan fingerprint density at radius 3 is 2.61 bits per heavy atom. The average molecular weight is 332 g/mol. The molecule has 1 saturated heterocycles. The second-order valence-electron chi connectivity index (χ2n) is 5.43. The molecular weight excluding hydrogens is 318 g/mol. The van der Waals surface area contributed by atoms with Crippen LogP contribution in [0.15, 0.2) is 42.6 Å². The first-order chi connectivity index (χ1) is 10.9. The number of Topliss-reactive ketones (excluding diaryl/α,β-unsaturated/α-hetero) is 1. The van der Waals surface area contributed by atoms with Gasteiger partial charge in [0.15, 0.2) is 5.78 Å². The van der Waals surface area contributed by atoms with Crippen LogP contribution >= 0.6 is 11.6 Å². The zero-order valence-electron chi connectivity index (χ0n) is 12.3. The van der Waals surface area contributed by atoms with Crippen molar-refractivity contribution in [3.63, 3.8) is 0 Å². The van der Waals surface area contributed by atoms with Crippen LogP contribution in [-0.4, -0.2) is 34.2 Å². The Balaban J connectivity index is 1.88. The molecule has 2 N–H and O–H groups in total. The molecule has 1 aliphatic rings. The number of H-pyrrole nitrogens is 1. The number of amides is 3. The van der Waals surface area contributed by atoms with Gasteiger partial charge in [0.2, 0.25) is 0 Å². The van der Waals surface area contributed by atoms with Crippen LogP contribution in [0.1, 0.15) is 23.0 Å². The maximum Gasteiger partial charge on any atom is 0.325 e. The topological polar surface area (TPSA) is 82.3 Å². The highest BCUT2D eigenvalue weighted by Crippen LogP contribution is 2.33. The number of urea groups is 1. The molecule has 2 heterocycles. The van der Waals surface area contributed by atoms with Crippen molar-refractivity contribution >= 4 is 29.3 Å². The number of ketones is 1. The zero-order chi connectivity index (χ0) is 16.6. The molecule has 3 rings (SSSR count). The molecular formula is C16H14ClN3O3. The first-order valence-electron chi connectivity index (χ1n) is 6.99. The molecule has 0 radical (unpaired) electrons. The van der Waals surface area contributed by atoms with E-state index in [-0.39, 0.29) is 12.3 Å². The fraction of sp³-hybridized carbons (Fsp3) is 0.188. The van der Waals surface area contributed by atoms with Gasteiger partial charge >= 0.3 is 6.03 Å². The van der Waals surface area contributed by atoms with Crippen molar-refractivity contribution < 1.29 is 14.4 Å². The van der Waals surface area contributed by atoms with E-state index in [2.05, 4.69) is 10.3 Å². The predicted octanol–water partition coefficient (Wildman–Crippen LogP) is 2.32. The molecule has 118 valence electrons. The van der Waals surface area contributed by atoms with E-state index in [1.165, 1.54) is 0 Å². The predicted molar refractivity (Wildman–Crippen MR) is 84.2 cm³/mol. The molecule has 23 heavy (non-hydrogen) atoms. The van der Waals surface area contributed by atoms with Gasteiger partial charge < -0.3 is 10.3 Å². The number of aromatic amines is 1. The van der Waals surface area contributed by atoms with Crippen LogP contribution in [0, 0.1) is 0 Å². The monoisotopic (exact) mass is 331 g/mol. The molecule has 1 aromatic heterocycles. The molecule has 2 aromatic rings. The van der Waals surface area contributed by atoms with E-state index in [9.17, 15) is 14.4 Å². The number of hydrogen-bond donors (Lipinski definition) is 2. The fourth-order valence-corrected chi connectivity index (χ4v) is 2.95. The van der Waals surface area contributed by atoms with Gasteiger partial charge in [0, 0.05) is 16.8 Å². The zero-order valence-corrected chi connectivity index (χ0v) is 13.1. The van der Waals surface area contributed by atoms with Crippen LogP contribution in [0.3, 0.4) is 0 Å². The highest BCUT2D eigenvalue weighted by Gasteiger charge is 2.50. The van der Waals surface area contributed by atoms with Crippen molar-refractivity contribution in [2.75, 3.05) is 6.54 Å². The number of halogens is 1. The minimum Gasteiger partial charge on any atom is -0.359 e. The second kappa shape index (κ2) is 5.55. The van der Waals surface area contributed by atoms with Crippen molar-refractivity contribution in [2.24, 2.45) is 0 Å². The quantitative estimate of drug-likeness (QED) is 0.666. The van der Waals surface area contributed by atoms with Crippen LogP contribution in [0.2, 0.25) is 5.02 Å². The summed E-state index contributed by atoms with van der Waals surface area (Å²) >= 11 is 6.15. The molecule has 0 spiro atoms. The third-order valence-electron chi connectivity index (χ3n) is 3.89. The highest BCUT2D eigenvalue weighted by molar-refractivity contribution is 6.32. The SMILES string of the molecule is CC1(c2ccccc2Cl)NC(=O)N(CC(=O)c2ccc[nH]2)C1=O. The van der Waals surface area contributed by atoms with Gasteiger partial charge in [-0.05, 0) is 25.1 Å². The van der Waals surface area contributed by atoms with Crippen molar-refractivity contribution in [1.82, 2.24) is 15.2 Å². The van der Waals surface area contributed by atoms with E-state index in [1.54, 1.807) is 49.5 Å². The van der Waals surface area contributed by atoms with Crippen LogP contribution in [-0.2, 0) is 10.3 Å². The van der Waals surface area contributed by atoms with Crippen LogP contribution < -0.4 is 5.32 Å². The normalized spacial score (nSPS) is 20.7. The van der Waals surface area contributed by atoms with Crippen LogP contribution in [0.4, 0.5) is 4.79 Å². The number of rotatable bonds is 4. The molecule has 0 saturated carbocycles. The average Bonchev–Trinajstić information content (AvgIpc) is 3.12. The summed E-state index contributed by atoms with van der Waals surface area (Å²) in [6, 6.07) is 9.45. The largest absolute Gasteiger partial charge is 0.359 e. The van der Waals surface area contributed by atoms with Crippen molar-refractivity contribution in [3.05, 3.63) is 58.9 Å². The van der Waals surface area contributed by atoms with Gasteiger partial charge in [-0.2, -0.15) is 0 Å². The van der Waals surface area contributed by atoms with E-state index in [1.807, 2.05) is 0 Å². The Hall–Kier alpha value is -2.60. The minimum atomic E-state index is -1.29. The molecule has 7 heteroatoms. The van der Waals surface area contributed by atoms with Crippen molar-refractivity contribution in [3.8, 4) is 0 Å². The number of aromatic nitrogens is 1. The maximum atomic E-state index is 12.7. The smallest absolute Gasteiger partial charge is 0.325 e. The summed E-state index contributed by atoms with van der Waals surface area (Å²) in [6.45, 7) is 1.25. The van der Waals surface area contributed by atoms with Gasteiger partial charge in [-0.25, -0.2) is 4.79 Å². The summed E-state index contributed by atoms with van der Waals surface area (Å²) in [4.78, 5) is 40.7. The first kappa shape index (κ1) is 15.3. The molecule has 1 atom stereocenters. The number of carbonyl (C=O) groups is 3. The summed E-state index contributed by atoms with van der Waals surface area (Å²) in [5, 5.41) is 3.00. The lowest BCUT2D eigenvalue weighted by atomic mass is 9.92. The molecule has 1 aliphatic heterocycles. The summed E-state index contributed by atoms with van der Waals surface area (Å²) in [5.41, 5.74) is -0.447. The molecule has 3 amide bonds. The minimum absolute atomic E-state index is 0.328. The van der Waals surface area contributed by atoms with E-state index in [4.69, 9.17) is 11.6 Å². The van der Waals surface area contributed by atoms with Gasteiger partial charge in [-0.3, -0.25) is 14.5 Å². The van der Waals surface area contributed by atoms with Gasteiger partial charge in [0.25, 0.3) is 5.91 Å². The summed E-state index contributed by atoms with van der Waals surface area (Å²) in [7, 11) is 0. The third-order valence-corrected chi connectivity index (χ3v) is 4.22. The van der Waals surface area contributed by atoms with E-state index in [0.717, 1.165) is 4.90 Å². The summed E-state index contributed by atoms with van der Waals surface area (Å²) in [6.07, 6.45) is 1.60. The summed E-state index contributed by atoms with van der Waals surface area (Å²) < 4.78 is 0. The van der Waals surface area contributed by atoms with E-state index < -0.39 is 17.5 Å². The number of hydrogen-bond acceptors (Lipinski definition) is 3. The number of nitrogens with zero attached hydrogens (tertiary/aromatic N) is 1. The Kier molecular flexibility index (Phi) is 3.69. The van der Waals surface area contributed by atoms with Crippen molar-refractivity contribution in [2.45, 2.75) is 12.5 Å².